The fourth-order valence-electron chi connectivity index (χ4n) is 5.05. The molecule has 3 atom stereocenters. The van der Waals surface area contributed by atoms with Gasteiger partial charge in [0.25, 0.3) is 0 Å². The zero-order valence-electron chi connectivity index (χ0n) is 25.6. The summed E-state index contributed by atoms with van der Waals surface area (Å²) in [7, 11) is 0. The molecule has 3 aromatic rings. The van der Waals surface area contributed by atoms with Gasteiger partial charge in [0.2, 0.25) is 0 Å². The van der Waals surface area contributed by atoms with Crippen molar-refractivity contribution in [1.29, 1.82) is 0 Å². The van der Waals surface area contributed by atoms with E-state index in [4.69, 9.17) is 9.47 Å². The predicted octanol–water partition coefficient (Wildman–Crippen LogP) is 6.76. The van der Waals surface area contributed by atoms with Gasteiger partial charge in [-0.1, -0.05) is 84.9 Å². The highest BCUT2D eigenvalue weighted by atomic mass is 16.5. The predicted molar refractivity (Wildman–Crippen MR) is 164 cm³/mol. The number of ether oxygens (including phenoxy) is 2. The number of carbonyl (C=O) groups is 2. The van der Waals surface area contributed by atoms with Gasteiger partial charge in [-0.2, -0.15) is 0 Å². The van der Waals surface area contributed by atoms with E-state index in [1.165, 1.54) is 0 Å². The number of rotatable bonds is 15. The second kappa shape index (κ2) is 15.1. The first kappa shape index (κ1) is 33.0. The van der Waals surface area contributed by atoms with E-state index in [1.54, 1.807) is 6.92 Å². The minimum atomic E-state index is -0.868. The van der Waals surface area contributed by atoms with Gasteiger partial charge in [0.1, 0.15) is 13.2 Å². The van der Waals surface area contributed by atoms with Gasteiger partial charge in [0.05, 0.1) is 23.0 Å². The Labute approximate surface area is 250 Å². The van der Waals surface area contributed by atoms with Gasteiger partial charge in [-0.25, -0.2) is 0 Å². The summed E-state index contributed by atoms with van der Waals surface area (Å²) in [6.45, 7) is 9.56. The van der Waals surface area contributed by atoms with Crippen LogP contribution in [-0.4, -0.2) is 34.4 Å². The summed E-state index contributed by atoms with van der Waals surface area (Å²) in [5.41, 5.74) is 2.16. The zero-order valence-corrected chi connectivity index (χ0v) is 25.6. The maximum Gasteiger partial charge on any atom is 0.312 e. The summed E-state index contributed by atoms with van der Waals surface area (Å²) in [5.74, 6) is -0.860. The number of aliphatic hydroxyl groups is 2. The average molecular weight is 575 g/mol. The van der Waals surface area contributed by atoms with E-state index in [0.717, 1.165) is 22.3 Å². The third-order valence-corrected chi connectivity index (χ3v) is 7.91. The molecular weight excluding hydrogens is 528 g/mol. The Morgan fingerprint density at radius 2 is 1.21 bits per heavy atom. The van der Waals surface area contributed by atoms with E-state index >= 15 is 0 Å². The maximum absolute atomic E-state index is 13.2. The molecule has 0 spiro atoms. The molecule has 0 aliphatic carbocycles. The molecule has 6 heteroatoms. The summed E-state index contributed by atoms with van der Waals surface area (Å²) >= 11 is 0. The minimum absolute atomic E-state index is 0.197. The summed E-state index contributed by atoms with van der Waals surface area (Å²) in [4.78, 5) is 25.9. The SMILES string of the molecule is CC(O)CC(c1ccc(CC(O)CCC(C)(C)C(=O)OCc2ccccc2)cc1)C(C)(C)C(=O)OCc1ccccc1. The van der Waals surface area contributed by atoms with Crippen LogP contribution in [-0.2, 0) is 38.7 Å². The van der Waals surface area contributed by atoms with Crippen LogP contribution in [0.25, 0.3) is 0 Å². The van der Waals surface area contributed by atoms with Crippen LogP contribution in [0.15, 0.2) is 84.9 Å². The molecule has 0 radical (unpaired) electrons. The average Bonchev–Trinajstić information content (AvgIpc) is 2.97. The number of esters is 2. The van der Waals surface area contributed by atoms with Crippen LogP contribution in [0.5, 0.6) is 0 Å². The molecule has 42 heavy (non-hydrogen) atoms. The smallest absolute Gasteiger partial charge is 0.312 e. The van der Waals surface area contributed by atoms with Crippen molar-refractivity contribution in [3.63, 3.8) is 0 Å². The van der Waals surface area contributed by atoms with Crippen molar-refractivity contribution in [2.45, 2.75) is 91.6 Å². The molecule has 0 saturated heterocycles. The molecule has 3 rings (SSSR count). The van der Waals surface area contributed by atoms with Crippen molar-refractivity contribution in [2.24, 2.45) is 10.8 Å². The lowest BCUT2D eigenvalue weighted by Gasteiger charge is -2.33. The van der Waals surface area contributed by atoms with Crippen molar-refractivity contribution in [1.82, 2.24) is 0 Å². The number of aliphatic hydroxyl groups excluding tert-OH is 2. The Balaban J connectivity index is 1.57. The van der Waals surface area contributed by atoms with Crippen LogP contribution in [0.1, 0.15) is 82.1 Å². The molecule has 0 amide bonds. The van der Waals surface area contributed by atoms with Gasteiger partial charge in [-0.3, -0.25) is 9.59 Å². The van der Waals surface area contributed by atoms with Gasteiger partial charge >= 0.3 is 11.9 Å². The molecule has 0 fully saturated rings. The van der Waals surface area contributed by atoms with Crippen molar-refractivity contribution in [3.8, 4) is 0 Å². The lowest BCUT2D eigenvalue weighted by molar-refractivity contribution is -0.157. The van der Waals surface area contributed by atoms with Gasteiger partial charge < -0.3 is 19.7 Å². The lowest BCUT2D eigenvalue weighted by Crippen LogP contribution is -2.35. The number of hydrogen-bond acceptors (Lipinski definition) is 6. The van der Waals surface area contributed by atoms with Gasteiger partial charge in [-0.05, 0) is 82.6 Å². The van der Waals surface area contributed by atoms with E-state index < -0.39 is 23.0 Å². The largest absolute Gasteiger partial charge is 0.460 e. The molecule has 0 saturated carbocycles. The van der Waals surface area contributed by atoms with E-state index in [-0.39, 0.29) is 31.1 Å². The van der Waals surface area contributed by atoms with E-state index in [2.05, 4.69) is 0 Å². The highest BCUT2D eigenvalue weighted by molar-refractivity contribution is 5.77. The van der Waals surface area contributed by atoms with Crippen molar-refractivity contribution in [2.75, 3.05) is 0 Å². The minimum Gasteiger partial charge on any atom is -0.460 e. The maximum atomic E-state index is 13.2. The molecule has 2 N–H and O–H groups in total. The van der Waals surface area contributed by atoms with Crippen LogP contribution in [0.2, 0.25) is 0 Å². The molecule has 226 valence electrons. The topological polar surface area (TPSA) is 93.1 Å². The molecule has 3 unspecified atom stereocenters. The molecule has 0 bridgehead atoms. The first-order chi connectivity index (χ1) is 19.9. The molecular formula is C36H46O6. The van der Waals surface area contributed by atoms with Crippen LogP contribution < -0.4 is 0 Å². The van der Waals surface area contributed by atoms with Crippen LogP contribution in [0.3, 0.4) is 0 Å². The normalized spacial score (nSPS) is 14.1. The third kappa shape index (κ3) is 9.81. The van der Waals surface area contributed by atoms with Crippen LogP contribution in [0, 0.1) is 10.8 Å². The monoisotopic (exact) mass is 574 g/mol. The standard InChI is InChI=1S/C36H46O6/c1-26(37)22-32(36(4,5)34(40)42-25-29-14-10-7-11-15-29)30-18-16-27(17-19-30)23-31(38)20-21-35(2,3)33(39)41-24-28-12-8-6-9-13-28/h6-19,26,31-32,37-38H,20-25H2,1-5H3. The van der Waals surface area contributed by atoms with E-state index in [9.17, 15) is 19.8 Å². The summed E-state index contributed by atoms with van der Waals surface area (Å²) in [6.07, 6.45) is 0.592. The molecule has 0 aromatic heterocycles. The number of carbonyl (C=O) groups excluding carboxylic acids is 2. The second-order valence-electron chi connectivity index (χ2n) is 12.5. The van der Waals surface area contributed by atoms with Crippen LogP contribution in [0.4, 0.5) is 0 Å². The second-order valence-corrected chi connectivity index (χ2v) is 12.5. The molecule has 3 aromatic carbocycles. The lowest BCUT2D eigenvalue weighted by atomic mass is 9.72. The first-order valence-corrected chi connectivity index (χ1v) is 14.8. The Hall–Kier alpha value is -3.48. The third-order valence-electron chi connectivity index (χ3n) is 7.91. The summed E-state index contributed by atoms with van der Waals surface area (Å²) < 4.78 is 11.2. The highest BCUT2D eigenvalue weighted by Gasteiger charge is 2.40. The van der Waals surface area contributed by atoms with Crippen molar-refractivity contribution in [3.05, 3.63) is 107 Å². The zero-order chi connectivity index (χ0) is 30.8. The Morgan fingerprint density at radius 1 is 0.714 bits per heavy atom. The highest BCUT2D eigenvalue weighted by Crippen LogP contribution is 2.40. The van der Waals surface area contributed by atoms with Crippen LogP contribution >= 0.6 is 0 Å². The summed E-state index contributed by atoms with van der Waals surface area (Å²) in [5, 5.41) is 21.0. The summed E-state index contributed by atoms with van der Waals surface area (Å²) in [6, 6.07) is 27.0. The first-order valence-electron chi connectivity index (χ1n) is 14.8. The van der Waals surface area contributed by atoms with Gasteiger partial charge in [0, 0.05) is 5.92 Å². The van der Waals surface area contributed by atoms with E-state index in [0.29, 0.717) is 25.7 Å². The fraction of sp³-hybridized carbons (Fsp3) is 0.444. The van der Waals surface area contributed by atoms with Crippen molar-refractivity contribution < 1.29 is 29.3 Å². The number of hydrogen-bond donors (Lipinski definition) is 2. The quantitative estimate of drug-likeness (QED) is 0.195. The van der Waals surface area contributed by atoms with E-state index in [1.807, 2.05) is 113 Å². The molecule has 0 aliphatic heterocycles. The van der Waals surface area contributed by atoms with Crippen molar-refractivity contribution >= 4 is 11.9 Å². The Bertz CT molecular complexity index is 1250. The van der Waals surface area contributed by atoms with Gasteiger partial charge in [0.15, 0.2) is 0 Å². The number of benzene rings is 3. The molecule has 0 aliphatic rings. The Kier molecular flexibility index (Phi) is 11.9. The van der Waals surface area contributed by atoms with Gasteiger partial charge in [-0.15, -0.1) is 0 Å². The Morgan fingerprint density at radius 3 is 1.71 bits per heavy atom. The molecule has 0 heterocycles. The fourth-order valence-corrected chi connectivity index (χ4v) is 5.05. The molecule has 6 nitrogen and oxygen atoms in total.